The van der Waals surface area contributed by atoms with Crippen LogP contribution in [0.25, 0.3) is 0 Å². The van der Waals surface area contributed by atoms with Crippen LogP contribution < -0.4 is 5.32 Å². The fourth-order valence-corrected chi connectivity index (χ4v) is 2.96. The van der Waals surface area contributed by atoms with Gasteiger partial charge in [0.2, 0.25) is 0 Å². The normalized spacial score (nSPS) is 17.2. The quantitative estimate of drug-likeness (QED) is 0.907. The number of likely N-dealkylation sites (tertiary alicyclic amines) is 1. The molecule has 22 heavy (non-hydrogen) atoms. The van der Waals surface area contributed by atoms with E-state index in [1.807, 2.05) is 38.4 Å². The monoisotopic (exact) mass is 303 g/mol. The van der Waals surface area contributed by atoms with Crippen LogP contribution in [0.3, 0.4) is 0 Å². The van der Waals surface area contributed by atoms with Crippen LogP contribution in [-0.2, 0) is 6.54 Å². The standard InChI is InChI=1S/C18H29N3O/c1-14(2)21-11-9-17(10-12-21)19-18(22)16-7-5-15(6-8-16)13-20(3)4/h5-8,14,17H,9-13H2,1-4H3,(H,19,22). The first-order chi connectivity index (χ1) is 10.5. The van der Waals surface area contributed by atoms with Crippen molar-refractivity contribution in [1.82, 2.24) is 15.1 Å². The van der Waals surface area contributed by atoms with Crippen molar-refractivity contribution in [2.75, 3.05) is 27.2 Å². The van der Waals surface area contributed by atoms with Gasteiger partial charge in [-0.15, -0.1) is 0 Å². The summed E-state index contributed by atoms with van der Waals surface area (Å²) in [7, 11) is 4.09. The van der Waals surface area contributed by atoms with E-state index in [9.17, 15) is 4.79 Å². The van der Waals surface area contributed by atoms with Crippen LogP contribution in [0.4, 0.5) is 0 Å². The van der Waals surface area contributed by atoms with Crippen LogP contribution in [-0.4, -0.2) is 55.0 Å². The van der Waals surface area contributed by atoms with E-state index in [0.717, 1.165) is 38.0 Å². The zero-order chi connectivity index (χ0) is 16.1. The molecule has 0 aliphatic carbocycles. The number of nitrogens with zero attached hydrogens (tertiary/aromatic N) is 2. The summed E-state index contributed by atoms with van der Waals surface area (Å²) in [6.45, 7) is 7.51. The second-order valence-electron chi connectivity index (χ2n) is 6.81. The molecule has 1 aliphatic rings. The van der Waals surface area contributed by atoms with Crippen LogP contribution in [0.1, 0.15) is 42.6 Å². The molecule has 4 nitrogen and oxygen atoms in total. The Balaban J connectivity index is 1.85. The highest BCUT2D eigenvalue weighted by atomic mass is 16.1. The van der Waals surface area contributed by atoms with Crippen LogP contribution in [0.5, 0.6) is 0 Å². The van der Waals surface area contributed by atoms with Crippen molar-refractivity contribution in [1.29, 1.82) is 0 Å². The lowest BCUT2D eigenvalue weighted by atomic mass is 10.0. The van der Waals surface area contributed by atoms with Gasteiger partial charge in [0.05, 0.1) is 0 Å². The van der Waals surface area contributed by atoms with Gasteiger partial charge in [0, 0.05) is 37.3 Å². The van der Waals surface area contributed by atoms with Crippen molar-refractivity contribution >= 4 is 5.91 Å². The second-order valence-corrected chi connectivity index (χ2v) is 6.81. The van der Waals surface area contributed by atoms with E-state index in [-0.39, 0.29) is 5.91 Å². The van der Waals surface area contributed by atoms with Gasteiger partial charge in [-0.1, -0.05) is 12.1 Å². The van der Waals surface area contributed by atoms with Crippen LogP contribution in [0.2, 0.25) is 0 Å². The Labute approximate surface area is 134 Å². The van der Waals surface area contributed by atoms with E-state index in [0.29, 0.717) is 12.1 Å². The number of carbonyl (C=O) groups is 1. The minimum absolute atomic E-state index is 0.0550. The van der Waals surface area contributed by atoms with Gasteiger partial charge in [0.1, 0.15) is 0 Å². The molecule has 1 aliphatic heterocycles. The van der Waals surface area contributed by atoms with Crippen molar-refractivity contribution in [3.63, 3.8) is 0 Å². The van der Waals surface area contributed by atoms with E-state index in [1.54, 1.807) is 0 Å². The molecule has 1 saturated heterocycles. The Hall–Kier alpha value is -1.39. The van der Waals surface area contributed by atoms with Crippen molar-refractivity contribution < 1.29 is 4.79 Å². The fourth-order valence-electron chi connectivity index (χ4n) is 2.96. The van der Waals surface area contributed by atoms with E-state index in [2.05, 4.69) is 29.0 Å². The van der Waals surface area contributed by atoms with Gasteiger partial charge < -0.3 is 15.1 Å². The molecule has 122 valence electrons. The summed E-state index contributed by atoms with van der Waals surface area (Å²) in [6.07, 6.45) is 2.09. The van der Waals surface area contributed by atoms with Crippen LogP contribution >= 0.6 is 0 Å². The molecule has 0 atom stereocenters. The molecule has 1 amide bonds. The lowest BCUT2D eigenvalue weighted by Crippen LogP contribution is -2.46. The molecule has 4 heteroatoms. The van der Waals surface area contributed by atoms with Gasteiger partial charge in [-0.3, -0.25) is 4.79 Å². The number of amides is 1. The average molecular weight is 303 g/mol. The van der Waals surface area contributed by atoms with E-state index < -0.39 is 0 Å². The van der Waals surface area contributed by atoms with Gasteiger partial charge in [0.15, 0.2) is 0 Å². The molecule has 2 rings (SSSR count). The van der Waals surface area contributed by atoms with Gasteiger partial charge in [-0.05, 0) is 58.5 Å². The molecular formula is C18H29N3O. The van der Waals surface area contributed by atoms with Gasteiger partial charge in [-0.25, -0.2) is 0 Å². The molecular weight excluding hydrogens is 274 g/mol. The first-order valence-corrected chi connectivity index (χ1v) is 8.24. The van der Waals surface area contributed by atoms with Crippen LogP contribution in [0.15, 0.2) is 24.3 Å². The molecule has 1 aromatic rings. The minimum Gasteiger partial charge on any atom is -0.349 e. The lowest BCUT2D eigenvalue weighted by Gasteiger charge is -2.34. The van der Waals surface area contributed by atoms with Gasteiger partial charge >= 0.3 is 0 Å². The molecule has 0 bridgehead atoms. The predicted octanol–water partition coefficient (Wildman–Crippen LogP) is 2.35. The third-order valence-electron chi connectivity index (χ3n) is 4.31. The maximum absolute atomic E-state index is 12.3. The molecule has 1 aromatic carbocycles. The molecule has 0 spiro atoms. The number of nitrogens with one attached hydrogen (secondary N) is 1. The Morgan fingerprint density at radius 3 is 2.32 bits per heavy atom. The maximum Gasteiger partial charge on any atom is 0.251 e. The fraction of sp³-hybridized carbons (Fsp3) is 0.611. The third kappa shape index (κ3) is 4.82. The minimum atomic E-state index is 0.0550. The molecule has 0 unspecified atom stereocenters. The lowest BCUT2D eigenvalue weighted by molar-refractivity contribution is 0.0900. The summed E-state index contributed by atoms with van der Waals surface area (Å²) in [5.41, 5.74) is 1.99. The molecule has 1 heterocycles. The zero-order valence-electron chi connectivity index (χ0n) is 14.3. The Morgan fingerprint density at radius 1 is 1.23 bits per heavy atom. The third-order valence-corrected chi connectivity index (χ3v) is 4.31. The maximum atomic E-state index is 12.3. The zero-order valence-corrected chi connectivity index (χ0v) is 14.3. The summed E-state index contributed by atoms with van der Waals surface area (Å²) >= 11 is 0. The van der Waals surface area contributed by atoms with E-state index >= 15 is 0 Å². The first kappa shape index (κ1) is 17.0. The number of rotatable bonds is 5. The van der Waals surface area contributed by atoms with Gasteiger partial charge in [-0.2, -0.15) is 0 Å². The Kier molecular flexibility index (Phi) is 5.98. The van der Waals surface area contributed by atoms with E-state index in [1.165, 1.54) is 5.56 Å². The molecule has 0 radical (unpaired) electrons. The number of hydrogen-bond acceptors (Lipinski definition) is 3. The summed E-state index contributed by atoms with van der Waals surface area (Å²) in [4.78, 5) is 16.9. The number of hydrogen-bond donors (Lipinski definition) is 1. The molecule has 0 aromatic heterocycles. The van der Waals surface area contributed by atoms with Gasteiger partial charge in [0.25, 0.3) is 5.91 Å². The first-order valence-electron chi connectivity index (χ1n) is 8.24. The Bertz CT molecular complexity index is 474. The van der Waals surface area contributed by atoms with Crippen molar-refractivity contribution in [3.8, 4) is 0 Å². The number of piperidine rings is 1. The summed E-state index contributed by atoms with van der Waals surface area (Å²) in [5.74, 6) is 0.0550. The van der Waals surface area contributed by atoms with Crippen LogP contribution in [0, 0.1) is 0 Å². The predicted molar refractivity (Wildman–Crippen MR) is 91.0 cm³/mol. The smallest absolute Gasteiger partial charge is 0.251 e. The Morgan fingerprint density at radius 2 is 1.82 bits per heavy atom. The topological polar surface area (TPSA) is 35.6 Å². The second kappa shape index (κ2) is 7.75. The summed E-state index contributed by atoms with van der Waals surface area (Å²) in [5, 5.41) is 3.18. The average Bonchev–Trinajstić information content (AvgIpc) is 2.48. The SMILES string of the molecule is CC(C)N1CCC(NC(=O)c2ccc(CN(C)C)cc2)CC1. The highest BCUT2D eigenvalue weighted by molar-refractivity contribution is 5.94. The summed E-state index contributed by atoms with van der Waals surface area (Å²) in [6, 6.07) is 8.84. The van der Waals surface area contributed by atoms with Crippen molar-refractivity contribution in [2.24, 2.45) is 0 Å². The summed E-state index contributed by atoms with van der Waals surface area (Å²) < 4.78 is 0. The number of carbonyl (C=O) groups excluding carboxylic acids is 1. The molecule has 0 saturated carbocycles. The van der Waals surface area contributed by atoms with E-state index in [4.69, 9.17) is 0 Å². The largest absolute Gasteiger partial charge is 0.349 e. The highest BCUT2D eigenvalue weighted by Gasteiger charge is 2.22. The van der Waals surface area contributed by atoms with Crippen molar-refractivity contribution in [3.05, 3.63) is 35.4 Å². The number of benzene rings is 1. The molecule has 1 N–H and O–H groups in total. The van der Waals surface area contributed by atoms with Crippen molar-refractivity contribution in [2.45, 2.75) is 45.3 Å². The highest BCUT2D eigenvalue weighted by Crippen LogP contribution is 2.14. The molecule has 1 fully saturated rings.